The number of piperidine rings is 1. The lowest BCUT2D eigenvalue weighted by Gasteiger charge is -2.33. The Morgan fingerprint density at radius 3 is 2.66 bits per heavy atom. The second-order valence-electron chi connectivity index (χ2n) is 9.52. The van der Waals surface area contributed by atoms with Gasteiger partial charge in [-0.15, -0.1) is 0 Å². The van der Waals surface area contributed by atoms with Crippen molar-refractivity contribution in [3.8, 4) is 11.3 Å². The minimum Gasteiger partial charge on any atom is -0.354 e. The first kappa shape index (κ1) is 23.0. The van der Waals surface area contributed by atoms with Crippen LogP contribution >= 0.6 is 0 Å². The van der Waals surface area contributed by atoms with Crippen LogP contribution in [0, 0.1) is 11.7 Å². The monoisotopic (exact) mass is 471 g/mol. The minimum absolute atomic E-state index is 0.0788. The van der Waals surface area contributed by atoms with Gasteiger partial charge in [0.15, 0.2) is 5.82 Å². The van der Waals surface area contributed by atoms with E-state index in [9.17, 15) is 9.18 Å². The zero-order valence-corrected chi connectivity index (χ0v) is 20.1. The summed E-state index contributed by atoms with van der Waals surface area (Å²) in [7, 11) is 0. The lowest BCUT2D eigenvalue weighted by Crippen LogP contribution is -2.43. The first-order valence-corrected chi connectivity index (χ1v) is 12.2. The van der Waals surface area contributed by atoms with Gasteiger partial charge in [0.1, 0.15) is 11.3 Å². The molecule has 0 radical (unpaired) electrons. The average Bonchev–Trinajstić information content (AvgIpc) is 3.32. The lowest BCUT2D eigenvalue weighted by atomic mass is 9.96. The summed E-state index contributed by atoms with van der Waals surface area (Å²) in [5, 5.41) is 7.77. The number of nitrogens with zero attached hydrogens (tertiary/aromatic N) is 4. The van der Waals surface area contributed by atoms with Crippen molar-refractivity contribution in [1.82, 2.24) is 19.9 Å². The second-order valence-corrected chi connectivity index (χ2v) is 9.52. The number of rotatable bonds is 6. The highest BCUT2D eigenvalue weighted by Gasteiger charge is 2.27. The molecule has 5 rings (SSSR count). The Balaban J connectivity index is 1.29. The molecule has 0 spiro atoms. The van der Waals surface area contributed by atoms with Gasteiger partial charge in [0, 0.05) is 37.6 Å². The van der Waals surface area contributed by atoms with Gasteiger partial charge in [0.05, 0.1) is 11.6 Å². The van der Waals surface area contributed by atoms with Crippen molar-refractivity contribution >= 4 is 17.2 Å². The molecule has 1 aliphatic heterocycles. The van der Waals surface area contributed by atoms with Crippen molar-refractivity contribution in [2.75, 3.05) is 18.0 Å². The van der Waals surface area contributed by atoms with Crippen molar-refractivity contribution < 1.29 is 9.18 Å². The molecule has 1 saturated heterocycles. The highest BCUT2D eigenvalue weighted by atomic mass is 19.1. The van der Waals surface area contributed by atoms with Gasteiger partial charge in [-0.25, -0.2) is 13.9 Å². The lowest BCUT2D eigenvalue weighted by molar-refractivity contribution is -0.125. The quantitative estimate of drug-likeness (QED) is 0.420. The van der Waals surface area contributed by atoms with E-state index in [1.807, 2.05) is 12.3 Å². The number of fused-ring (bicyclic) bond motifs is 1. The molecule has 1 fully saturated rings. The molecule has 1 aliphatic rings. The minimum atomic E-state index is -0.273. The highest BCUT2D eigenvalue weighted by Crippen LogP contribution is 2.28. The standard InChI is InChI=1S/C28H30FN5O/c1-19(2)21-7-5-20(6-8-21)17-31-28(35)23-4-3-14-33(18-23)27-26-16-25(32-34(26)15-13-30-27)22-9-11-24(29)12-10-22/h5-13,15-16,19,23H,3-4,14,17-18H2,1-2H3,(H,31,35)/t23-/m1/s1. The smallest absolute Gasteiger partial charge is 0.225 e. The van der Waals surface area contributed by atoms with Crippen LogP contribution in [0.5, 0.6) is 0 Å². The SMILES string of the molecule is CC(C)c1ccc(CNC(=O)[C@@H]2CCCN(c3nccn4nc(-c5ccc(F)cc5)cc34)C2)cc1. The van der Waals surface area contributed by atoms with E-state index < -0.39 is 0 Å². The van der Waals surface area contributed by atoms with Crippen molar-refractivity contribution in [3.05, 3.63) is 83.9 Å². The molecular weight excluding hydrogens is 441 g/mol. The fourth-order valence-corrected chi connectivity index (χ4v) is 4.65. The van der Waals surface area contributed by atoms with E-state index in [4.69, 9.17) is 0 Å². The van der Waals surface area contributed by atoms with Crippen LogP contribution in [-0.4, -0.2) is 33.6 Å². The van der Waals surface area contributed by atoms with Crippen LogP contribution in [0.15, 0.2) is 67.0 Å². The van der Waals surface area contributed by atoms with E-state index in [0.717, 1.165) is 47.5 Å². The molecule has 180 valence electrons. The molecule has 2 aromatic carbocycles. The average molecular weight is 472 g/mol. The highest BCUT2D eigenvalue weighted by molar-refractivity contribution is 5.81. The molecule has 0 bridgehead atoms. The van der Waals surface area contributed by atoms with E-state index in [1.54, 1.807) is 22.8 Å². The number of hydrogen-bond donors (Lipinski definition) is 1. The van der Waals surface area contributed by atoms with E-state index in [1.165, 1.54) is 17.7 Å². The molecular formula is C28H30FN5O. The predicted octanol–water partition coefficient (Wildman–Crippen LogP) is 5.19. The number of carbonyl (C=O) groups excluding carboxylic acids is 1. The predicted molar refractivity (Wildman–Crippen MR) is 136 cm³/mol. The van der Waals surface area contributed by atoms with E-state index >= 15 is 0 Å². The summed E-state index contributed by atoms with van der Waals surface area (Å²) in [5.41, 5.74) is 4.88. The zero-order chi connectivity index (χ0) is 24.4. The van der Waals surface area contributed by atoms with Crippen molar-refractivity contribution in [3.63, 3.8) is 0 Å². The molecule has 7 heteroatoms. The molecule has 1 N–H and O–H groups in total. The van der Waals surface area contributed by atoms with Crippen LogP contribution in [-0.2, 0) is 11.3 Å². The fraction of sp³-hybridized carbons (Fsp3) is 0.321. The number of carbonyl (C=O) groups is 1. The molecule has 0 aliphatic carbocycles. The molecule has 1 atom stereocenters. The van der Waals surface area contributed by atoms with E-state index in [-0.39, 0.29) is 17.6 Å². The maximum absolute atomic E-state index is 13.3. The number of amides is 1. The molecule has 3 heterocycles. The zero-order valence-electron chi connectivity index (χ0n) is 20.1. The number of nitrogens with one attached hydrogen (secondary N) is 1. The van der Waals surface area contributed by atoms with E-state index in [0.29, 0.717) is 19.0 Å². The topological polar surface area (TPSA) is 62.5 Å². The summed E-state index contributed by atoms with van der Waals surface area (Å²) in [6, 6.07) is 16.7. The van der Waals surface area contributed by atoms with Crippen LogP contribution in [0.2, 0.25) is 0 Å². The first-order valence-electron chi connectivity index (χ1n) is 12.2. The molecule has 6 nitrogen and oxygen atoms in total. The molecule has 4 aromatic rings. The Hall–Kier alpha value is -3.74. The van der Waals surface area contributed by atoms with Gasteiger partial charge in [0.2, 0.25) is 5.91 Å². The largest absolute Gasteiger partial charge is 0.354 e. The van der Waals surface area contributed by atoms with E-state index in [2.05, 4.69) is 58.4 Å². The Morgan fingerprint density at radius 1 is 1.14 bits per heavy atom. The fourth-order valence-electron chi connectivity index (χ4n) is 4.65. The first-order chi connectivity index (χ1) is 17.0. The van der Waals surface area contributed by atoms with Crippen LogP contribution < -0.4 is 10.2 Å². The number of aromatic nitrogens is 3. The Labute approximate surface area is 204 Å². The van der Waals surface area contributed by atoms with Crippen molar-refractivity contribution in [2.45, 2.75) is 39.2 Å². The molecule has 2 aromatic heterocycles. The summed E-state index contributed by atoms with van der Waals surface area (Å²) < 4.78 is 15.1. The normalized spacial score (nSPS) is 16.1. The maximum Gasteiger partial charge on any atom is 0.225 e. The Morgan fingerprint density at radius 2 is 1.91 bits per heavy atom. The third-order valence-corrected chi connectivity index (χ3v) is 6.71. The van der Waals surface area contributed by atoms with Crippen LogP contribution in [0.1, 0.15) is 43.7 Å². The van der Waals surface area contributed by atoms with Crippen LogP contribution in [0.4, 0.5) is 10.2 Å². The van der Waals surface area contributed by atoms with Gasteiger partial charge in [-0.2, -0.15) is 5.10 Å². The van der Waals surface area contributed by atoms with Crippen molar-refractivity contribution in [1.29, 1.82) is 0 Å². The number of hydrogen-bond acceptors (Lipinski definition) is 4. The maximum atomic E-state index is 13.3. The van der Waals surface area contributed by atoms with Gasteiger partial charge < -0.3 is 10.2 Å². The van der Waals surface area contributed by atoms with Gasteiger partial charge in [-0.1, -0.05) is 38.1 Å². The summed E-state index contributed by atoms with van der Waals surface area (Å²) in [6.07, 6.45) is 5.32. The number of anilines is 1. The molecule has 0 unspecified atom stereocenters. The molecule has 35 heavy (non-hydrogen) atoms. The molecule has 1 amide bonds. The molecule has 0 saturated carbocycles. The second kappa shape index (κ2) is 9.86. The van der Waals surface area contributed by atoms with Crippen molar-refractivity contribution in [2.24, 2.45) is 5.92 Å². The summed E-state index contributed by atoms with van der Waals surface area (Å²) >= 11 is 0. The summed E-state index contributed by atoms with van der Waals surface area (Å²) in [6.45, 7) is 6.33. The van der Waals surface area contributed by atoms with Gasteiger partial charge >= 0.3 is 0 Å². The summed E-state index contributed by atoms with van der Waals surface area (Å²) in [4.78, 5) is 19.8. The van der Waals surface area contributed by atoms with Crippen LogP contribution in [0.3, 0.4) is 0 Å². The third-order valence-electron chi connectivity index (χ3n) is 6.71. The van der Waals surface area contributed by atoms with Gasteiger partial charge in [0.25, 0.3) is 0 Å². The summed E-state index contributed by atoms with van der Waals surface area (Å²) in [5.74, 6) is 1.02. The van der Waals surface area contributed by atoms with Gasteiger partial charge in [-0.3, -0.25) is 4.79 Å². The Bertz CT molecular complexity index is 1310. The van der Waals surface area contributed by atoms with Crippen LogP contribution in [0.25, 0.3) is 16.8 Å². The van der Waals surface area contributed by atoms with Gasteiger partial charge in [-0.05, 0) is 60.2 Å². The Kier molecular flexibility index (Phi) is 6.49. The number of benzene rings is 2. The third kappa shape index (κ3) is 5.04. The number of halogens is 1.